The molecular weight excluding hydrogens is 354 g/mol. The molecule has 0 aliphatic rings. The average Bonchev–Trinajstić information content (AvgIpc) is 2.54. The molecule has 0 amide bonds. The molecule has 23 heavy (non-hydrogen) atoms. The predicted octanol–water partition coefficient (Wildman–Crippen LogP) is 4.11. The second kappa shape index (κ2) is 7.57. The van der Waals surface area contributed by atoms with Crippen LogP contribution in [0.15, 0.2) is 52.3 Å². The summed E-state index contributed by atoms with van der Waals surface area (Å²) in [5, 5.41) is 0.336. The smallest absolute Gasteiger partial charge is 0.244 e. The molecule has 1 atom stereocenters. The van der Waals surface area contributed by atoms with E-state index >= 15 is 0 Å². The highest BCUT2D eigenvalue weighted by Crippen LogP contribution is 2.28. The highest BCUT2D eigenvalue weighted by Gasteiger charge is 2.22. The van der Waals surface area contributed by atoms with Crippen molar-refractivity contribution < 1.29 is 13.2 Å². The van der Waals surface area contributed by atoms with Gasteiger partial charge in [-0.25, -0.2) is 13.1 Å². The standard InChI is InChI=1S/C16H18ClNO3S2/c1-11(12-4-7-14(22-3)8-5-12)18-23(19,20)16-10-13(17)6-9-15(16)21-2/h4-11,18H,1-3H3/t11-/m1/s1. The lowest BCUT2D eigenvalue weighted by Crippen LogP contribution is -2.27. The number of sulfonamides is 1. The van der Waals surface area contributed by atoms with Crippen molar-refractivity contribution in [3.63, 3.8) is 0 Å². The lowest BCUT2D eigenvalue weighted by molar-refractivity contribution is 0.402. The van der Waals surface area contributed by atoms with E-state index in [1.807, 2.05) is 30.5 Å². The zero-order valence-corrected chi connectivity index (χ0v) is 15.4. The number of rotatable bonds is 6. The van der Waals surface area contributed by atoms with E-state index < -0.39 is 10.0 Å². The van der Waals surface area contributed by atoms with Gasteiger partial charge in [-0.05, 0) is 49.1 Å². The third-order valence-corrected chi connectivity index (χ3v) is 5.90. The van der Waals surface area contributed by atoms with Crippen molar-refractivity contribution in [1.29, 1.82) is 0 Å². The molecule has 2 aromatic carbocycles. The van der Waals surface area contributed by atoms with Crippen molar-refractivity contribution in [1.82, 2.24) is 4.72 Å². The summed E-state index contributed by atoms with van der Waals surface area (Å²) in [5.41, 5.74) is 0.882. The van der Waals surface area contributed by atoms with E-state index in [1.165, 1.54) is 19.2 Å². The largest absolute Gasteiger partial charge is 0.495 e. The summed E-state index contributed by atoms with van der Waals surface area (Å²) in [4.78, 5) is 1.15. The van der Waals surface area contributed by atoms with Crippen molar-refractivity contribution in [2.45, 2.75) is 22.8 Å². The Morgan fingerprint density at radius 2 is 1.83 bits per heavy atom. The van der Waals surface area contributed by atoms with Crippen LogP contribution in [0.5, 0.6) is 5.75 Å². The Bertz CT molecular complexity index is 776. The molecule has 0 saturated carbocycles. The molecule has 4 nitrogen and oxygen atoms in total. The zero-order valence-electron chi connectivity index (χ0n) is 13.0. The zero-order chi connectivity index (χ0) is 17.0. The Kier molecular flexibility index (Phi) is 5.97. The topological polar surface area (TPSA) is 55.4 Å². The predicted molar refractivity (Wildman–Crippen MR) is 95.0 cm³/mol. The van der Waals surface area contributed by atoms with Gasteiger partial charge in [0.05, 0.1) is 7.11 Å². The monoisotopic (exact) mass is 371 g/mol. The van der Waals surface area contributed by atoms with Gasteiger partial charge in [-0.3, -0.25) is 0 Å². The number of methoxy groups -OCH3 is 1. The van der Waals surface area contributed by atoms with Crippen LogP contribution in [0.3, 0.4) is 0 Å². The summed E-state index contributed by atoms with van der Waals surface area (Å²) in [6, 6.07) is 11.9. The molecule has 7 heteroatoms. The Morgan fingerprint density at radius 3 is 2.39 bits per heavy atom. The van der Waals surface area contributed by atoms with E-state index in [0.717, 1.165) is 10.5 Å². The molecule has 0 radical (unpaired) electrons. The Labute approximate surface area is 146 Å². The fourth-order valence-electron chi connectivity index (χ4n) is 2.12. The van der Waals surface area contributed by atoms with Gasteiger partial charge in [-0.2, -0.15) is 0 Å². The van der Waals surface area contributed by atoms with Crippen molar-refractivity contribution in [2.75, 3.05) is 13.4 Å². The van der Waals surface area contributed by atoms with Crippen molar-refractivity contribution >= 4 is 33.4 Å². The second-order valence-electron chi connectivity index (χ2n) is 4.91. The van der Waals surface area contributed by atoms with Gasteiger partial charge in [0.15, 0.2) is 0 Å². The first kappa shape index (κ1) is 18.1. The first-order valence-electron chi connectivity index (χ1n) is 6.87. The van der Waals surface area contributed by atoms with Crippen LogP contribution in [0.4, 0.5) is 0 Å². The van der Waals surface area contributed by atoms with E-state index in [4.69, 9.17) is 16.3 Å². The summed E-state index contributed by atoms with van der Waals surface area (Å²) < 4.78 is 33.0. The van der Waals surface area contributed by atoms with E-state index in [2.05, 4.69) is 4.72 Å². The minimum atomic E-state index is -3.75. The molecule has 0 saturated heterocycles. The van der Waals surface area contributed by atoms with Crippen molar-refractivity contribution in [3.05, 3.63) is 53.1 Å². The molecule has 0 spiro atoms. The molecule has 124 valence electrons. The molecule has 0 bridgehead atoms. The SMILES string of the molecule is COc1ccc(Cl)cc1S(=O)(=O)N[C@H](C)c1ccc(SC)cc1. The van der Waals surface area contributed by atoms with Crippen LogP contribution < -0.4 is 9.46 Å². The fraction of sp³-hybridized carbons (Fsp3) is 0.250. The summed E-state index contributed by atoms with van der Waals surface area (Å²) in [7, 11) is -2.33. The normalized spacial score (nSPS) is 12.9. The van der Waals surface area contributed by atoms with Crippen LogP contribution >= 0.6 is 23.4 Å². The first-order chi connectivity index (χ1) is 10.9. The summed E-state index contributed by atoms with van der Waals surface area (Å²) in [6.07, 6.45) is 1.99. The number of halogens is 1. The lowest BCUT2D eigenvalue weighted by atomic mass is 10.1. The van der Waals surface area contributed by atoms with Crippen LogP contribution in [0.25, 0.3) is 0 Å². The van der Waals surface area contributed by atoms with Crippen LogP contribution in [-0.4, -0.2) is 21.8 Å². The van der Waals surface area contributed by atoms with Crippen molar-refractivity contribution in [2.24, 2.45) is 0 Å². The molecule has 0 aliphatic carbocycles. The molecule has 0 heterocycles. The molecular formula is C16H18ClNO3S2. The molecule has 2 rings (SSSR count). The lowest BCUT2D eigenvalue weighted by Gasteiger charge is -2.16. The van der Waals surface area contributed by atoms with Crippen LogP contribution in [0, 0.1) is 0 Å². The number of benzene rings is 2. The van der Waals surface area contributed by atoms with Crippen LogP contribution in [0.1, 0.15) is 18.5 Å². The van der Waals surface area contributed by atoms with Crippen molar-refractivity contribution in [3.8, 4) is 5.75 Å². The number of hydrogen-bond donors (Lipinski definition) is 1. The Morgan fingerprint density at radius 1 is 1.17 bits per heavy atom. The minimum absolute atomic E-state index is 0.0279. The average molecular weight is 372 g/mol. The maximum Gasteiger partial charge on any atom is 0.244 e. The third kappa shape index (κ3) is 4.41. The second-order valence-corrected chi connectivity index (χ2v) is 7.91. The van der Waals surface area contributed by atoms with E-state index in [0.29, 0.717) is 5.02 Å². The van der Waals surface area contributed by atoms with E-state index in [9.17, 15) is 8.42 Å². The van der Waals surface area contributed by atoms with Crippen LogP contribution in [-0.2, 0) is 10.0 Å². The van der Waals surface area contributed by atoms with Gasteiger partial charge in [-0.15, -0.1) is 11.8 Å². The maximum atomic E-state index is 12.6. The van der Waals surface area contributed by atoms with E-state index in [1.54, 1.807) is 24.8 Å². The number of hydrogen-bond acceptors (Lipinski definition) is 4. The molecule has 1 N–H and O–H groups in total. The quantitative estimate of drug-likeness (QED) is 0.776. The summed E-state index contributed by atoms with van der Waals surface area (Å²) in [6.45, 7) is 1.79. The maximum absolute atomic E-state index is 12.6. The summed E-state index contributed by atoms with van der Waals surface area (Å²) >= 11 is 7.55. The highest BCUT2D eigenvalue weighted by atomic mass is 35.5. The highest BCUT2D eigenvalue weighted by molar-refractivity contribution is 7.98. The van der Waals surface area contributed by atoms with Gasteiger partial charge in [-0.1, -0.05) is 23.7 Å². The molecule has 0 fully saturated rings. The molecule has 0 aliphatic heterocycles. The number of thioether (sulfide) groups is 1. The van der Waals surface area contributed by atoms with E-state index in [-0.39, 0.29) is 16.7 Å². The molecule has 2 aromatic rings. The Hall–Kier alpha value is -1.21. The molecule has 0 aromatic heterocycles. The third-order valence-electron chi connectivity index (χ3n) is 3.36. The fourth-order valence-corrected chi connectivity index (χ4v) is 4.19. The minimum Gasteiger partial charge on any atom is -0.495 e. The Balaban J connectivity index is 2.28. The molecule has 0 unspecified atom stereocenters. The first-order valence-corrected chi connectivity index (χ1v) is 9.96. The number of ether oxygens (including phenoxy) is 1. The van der Waals surface area contributed by atoms with Gasteiger partial charge in [0.1, 0.15) is 10.6 Å². The van der Waals surface area contributed by atoms with Gasteiger partial charge in [0.25, 0.3) is 0 Å². The summed E-state index contributed by atoms with van der Waals surface area (Å²) in [5.74, 6) is 0.256. The van der Waals surface area contributed by atoms with Gasteiger partial charge in [0, 0.05) is 16.0 Å². The number of nitrogens with one attached hydrogen (secondary N) is 1. The van der Waals surface area contributed by atoms with Gasteiger partial charge in [0.2, 0.25) is 10.0 Å². The van der Waals surface area contributed by atoms with Crippen LogP contribution in [0.2, 0.25) is 5.02 Å². The van der Waals surface area contributed by atoms with Gasteiger partial charge >= 0.3 is 0 Å². The van der Waals surface area contributed by atoms with Gasteiger partial charge < -0.3 is 4.74 Å².